The van der Waals surface area contributed by atoms with Gasteiger partial charge in [0.25, 0.3) is 17.2 Å². The molecule has 0 atom stereocenters. The number of pyridine rings is 1. The number of ether oxygens (including phenoxy) is 1. The Morgan fingerprint density at radius 3 is 2.60 bits per heavy atom. The molecule has 0 aliphatic heterocycles. The topological polar surface area (TPSA) is 113 Å². The van der Waals surface area contributed by atoms with Crippen molar-refractivity contribution in [2.24, 2.45) is 0 Å². The van der Waals surface area contributed by atoms with Crippen LogP contribution in [0.5, 0.6) is 5.75 Å². The number of amides is 1. The van der Waals surface area contributed by atoms with Crippen LogP contribution < -0.4 is 20.5 Å². The Bertz CT molecular complexity index is 1110. The number of non-ortho nitro benzene ring substituents is 1. The molecule has 154 valence electrons. The van der Waals surface area contributed by atoms with Crippen molar-refractivity contribution in [2.75, 3.05) is 11.9 Å². The number of carbonyl (C=O) groups excluding carboxylic acids is 1. The molecule has 0 unspecified atom stereocenters. The Morgan fingerprint density at radius 2 is 1.90 bits per heavy atom. The number of rotatable bonds is 8. The third-order valence-electron chi connectivity index (χ3n) is 4.07. The van der Waals surface area contributed by atoms with Crippen molar-refractivity contribution >= 4 is 17.3 Å². The molecule has 0 spiro atoms. The number of nitrogens with zero attached hydrogens (tertiary/aromatic N) is 2. The maximum atomic E-state index is 12.6. The number of benzene rings is 2. The Labute approximate surface area is 171 Å². The molecule has 9 heteroatoms. The van der Waals surface area contributed by atoms with E-state index in [1.54, 1.807) is 30.3 Å². The molecule has 3 rings (SSSR count). The molecule has 0 bridgehead atoms. The molecular weight excluding hydrogens is 390 g/mol. The fourth-order valence-electron chi connectivity index (χ4n) is 2.65. The van der Waals surface area contributed by atoms with Gasteiger partial charge in [-0.2, -0.15) is 4.73 Å². The SMILES string of the molecule is CCOc1ccc(NC(=O)c2cccn(OCc3cccc([N+](=O)[O-])c3)c2=O)cc1. The smallest absolute Gasteiger partial charge is 0.295 e. The second-order valence-electron chi connectivity index (χ2n) is 6.16. The van der Waals surface area contributed by atoms with Crippen LogP contribution in [0.4, 0.5) is 11.4 Å². The maximum Gasteiger partial charge on any atom is 0.295 e. The Morgan fingerprint density at radius 1 is 1.13 bits per heavy atom. The van der Waals surface area contributed by atoms with Crippen LogP contribution in [0.2, 0.25) is 0 Å². The van der Waals surface area contributed by atoms with Crippen molar-refractivity contribution in [3.8, 4) is 5.75 Å². The molecule has 9 nitrogen and oxygen atoms in total. The molecule has 0 fully saturated rings. The molecule has 0 saturated carbocycles. The van der Waals surface area contributed by atoms with E-state index in [1.165, 1.54) is 36.5 Å². The Kier molecular flexibility index (Phi) is 6.43. The predicted molar refractivity (Wildman–Crippen MR) is 110 cm³/mol. The minimum absolute atomic E-state index is 0.0769. The van der Waals surface area contributed by atoms with Crippen LogP contribution in [0.1, 0.15) is 22.8 Å². The van der Waals surface area contributed by atoms with Crippen LogP contribution in [0.25, 0.3) is 0 Å². The number of nitro groups is 1. The van der Waals surface area contributed by atoms with E-state index in [-0.39, 0.29) is 17.9 Å². The minimum atomic E-state index is -0.647. The number of nitrogens with one attached hydrogen (secondary N) is 1. The number of hydrogen-bond donors (Lipinski definition) is 1. The van der Waals surface area contributed by atoms with E-state index in [0.717, 1.165) is 4.73 Å². The summed E-state index contributed by atoms with van der Waals surface area (Å²) in [4.78, 5) is 40.9. The highest BCUT2D eigenvalue weighted by atomic mass is 16.7. The van der Waals surface area contributed by atoms with E-state index in [9.17, 15) is 19.7 Å². The third kappa shape index (κ3) is 5.02. The van der Waals surface area contributed by atoms with Crippen LogP contribution in [-0.4, -0.2) is 22.2 Å². The second-order valence-corrected chi connectivity index (χ2v) is 6.16. The van der Waals surface area contributed by atoms with E-state index in [4.69, 9.17) is 9.57 Å². The number of nitro benzene ring substituents is 1. The van der Waals surface area contributed by atoms with Gasteiger partial charge in [0.1, 0.15) is 17.9 Å². The first-order valence-electron chi connectivity index (χ1n) is 9.10. The molecule has 0 radical (unpaired) electrons. The van der Waals surface area contributed by atoms with Crippen molar-refractivity contribution in [2.45, 2.75) is 13.5 Å². The molecule has 0 aliphatic carbocycles. The Balaban J connectivity index is 1.71. The molecule has 1 N–H and O–H groups in total. The monoisotopic (exact) mass is 409 g/mol. The van der Waals surface area contributed by atoms with Gasteiger partial charge in [-0.05, 0) is 48.9 Å². The number of anilines is 1. The van der Waals surface area contributed by atoms with Gasteiger partial charge in [-0.3, -0.25) is 19.7 Å². The van der Waals surface area contributed by atoms with Crippen molar-refractivity contribution < 1.29 is 19.3 Å². The standard InChI is InChI=1S/C21H19N3O6/c1-2-29-18-10-8-16(9-11-18)22-20(25)19-7-4-12-23(21(19)26)30-14-15-5-3-6-17(13-15)24(27)28/h3-13H,2,14H2,1H3,(H,22,25). The van der Waals surface area contributed by atoms with Crippen molar-refractivity contribution in [1.82, 2.24) is 4.73 Å². The number of aromatic nitrogens is 1. The molecule has 1 amide bonds. The molecule has 0 aliphatic rings. The van der Waals surface area contributed by atoms with E-state index >= 15 is 0 Å². The first kappa shape index (κ1) is 20.6. The van der Waals surface area contributed by atoms with E-state index in [2.05, 4.69) is 5.32 Å². The summed E-state index contributed by atoms with van der Waals surface area (Å²) in [5.41, 5.74) is 0.194. The third-order valence-corrected chi connectivity index (χ3v) is 4.07. The van der Waals surface area contributed by atoms with Gasteiger partial charge >= 0.3 is 0 Å². The first-order chi connectivity index (χ1) is 14.5. The lowest BCUT2D eigenvalue weighted by Gasteiger charge is -2.10. The molecule has 1 heterocycles. The second kappa shape index (κ2) is 9.37. The lowest BCUT2D eigenvalue weighted by Crippen LogP contribution is -2.32. The summed E-state index contributed by atoms with van der Waals surface area (Å²) in [7, 11) is 0. The highest BCUT2D eigenvalue weighted by Crippen LogP contribution is 2.16. The largest absolute Gasteiger partial charge is 0.494 e. The molecule has 30 heavy (non-hydrogen) atoms. The number of hydrogen-bond acceptors (Lipinski definition) is 6. The molecule has 2 aromatic carbocycles. The molecule has 1 aromatic heterocycles. The zero-order chi connectivity index (χ0) is 21.5. The van der Waals surface area contributed by atoms with Crippen LogP contribution >= 0.6 is 0 Å². The van der Waals surface area contributed by atoms with Crippen molar-refractivity contribution in [3.05, 3.63) is 98.5 Å². The zero-order valence-corrected chi connectivity index (χ0v) is 16.1. The van der Waals surface area contributed by atoms with E-state index < -0.39 is 16.4 Å². The van der Waals surface area contributed by atoms with Crippen molar-refractivity contribution in [3.63, 3.8) is 0 Å². The van der Waals surface area contributed by atoms with Gasteiger partial charge in [0.05, 0.1) is 11.5 Å². The van der Waals surface area contributed by atoms with E-state index in [0.29, 0.717) is 23.6 Å². The molecular formula is C21H19N3O6. The fraction of sp³-hybridized carbons (Fsp3) is 0.143. The van der Waals surface area contributed by atoms with E-state index in [1.807, 2.05) is 6.92 Å². The Hall–Kier alpha value is -4.14. The summed E-state index contributed by atoms with van der Waals surface area (Å²) in [6.07, 6.45) is 1.37. The first-order valence-corrected chi connectivity index (χ1v) is 9.10. The number of carbonyl (C=O) groups is 1. The van der Waals surface area contributed by atoms with Gasteiger partial charge in [-0.15, -0.1) is 0 Å². The summed E-state index contributed by atoms with van der Waals surface area (Å²) in [6.45, 7) is 2.33. The van der Waals surface area contributed by atoms with Gasteiger partial charge in [0.15, 0.2) is 0 Å². The van der Waals surface area contributed by atoms with Crippen LogP contribution in [-0.2, 0) is 6.61 Å². The average molecular weight is 409 g/mol. The highest BCUT2D eigenvalue weighted by molar-refractivity contribution is 6.03. The zero-order valence-electron chi connectivity index (χ0n) is 16.1. The highest BCUT2D eigenvalue weighted by Gasteiger charge is 2.14. The van der Waals surface area contributed by atoms with Gasteiger partial charge in [0, 0.05) is 24.0 Å². The van der Waals surface area contributed by atoms with Gasteiger partial charge in [0.2, 0.25) is 0 Å². The predicted octanol–water partition coefficient (Wildman–Crippen LogP) is 3.04. The summed E-state index contributed by atoms with van der Waals surface area (Å²) in [6, 6.07) is 15.5. The minimum Gasteiger partial charge on any atom is -0.494 e. The lowest BCUT2D eigenvalue weighted by molar-refractivity contribution is -0.384. The van der Waals surface area contributed by atoms with Gasteiger partial charge < -0.3 is 14.9 Å². The van der Waals surface area contributed by atoms with Gasteiger partial charge in [-0.1, -0.05) is 12.1 Å². The van der Waals surface area contributed by atoms with Crippen LogP contribution in [0.15, 0.2) is 71.7 Å². The molecule has 3 aromatic rings. The van der Waals surface area contributed by atoms with Gasteiger partial charge in [-0.25, -0.2) is 0 Å². The fourth-order valence-corrected chi connectivity index (χ4v) is 2.65. The normalized spacial score (nSPS) is 10.3. The summed E-state index contributed by atoms with van der Waals surface area (Å²) < 4.78 is 6.27. The summed E-state index contributed by atoms with van der Waals surface area (Å²) in [5.74, 6) is 0.0876. The summed E-state index contributed by atoms with van der Waals surface area (Å²) in [5, 5.41) is 13.5. The van der Waals surface area contributed by atoms with Crippen LogP contribution in [0, 0.1) is 10.1 Å². The van der Waals surface area contributed by atoms with Crippen LogP contribution in [0.3, 0.4) is 0 Å². The van der Waals surface area contributed by atoms with Crippen molar-refractivity contribution in [1.29, 1.82) is 0 Å². The quantitative estimate of drug-likeness (QED) is 0.452. The summed E-state index contributed by atoms with van der Waals surface area (Å²) >= 11 is 0. The lowest BCUT2D eigenvalue weighted by atomic mass is 10.2. The maximum absolute atomic E-state index is 12.6. The average Bonchev–Trinajstić information content (AvgIpc) is 2.74. The molecule has 0 saturated heterocycles.